The Hall–Kier alpha value is -4.03. The minimum absolute atomic E-state index is 0.202. The van der Waals surface area contributed by atoms with E-state index in [1.165, 1.54) is 15.6 Å². The third-order valence-corrected chi connectivity index (χ3v) is 6.42. The van der Waals surface area contributed by atoms with Crippen LogP contribution in [0.2, 0.25) is 0 Å². The first-order valence-electron chi connectivity index (χ1n) is 12.6. The fourth-order valence-electron chi connectivity index (χ4n) is 4.20. The van der Waals surface area contributed by atoms with Gasteiger partial charge in [-0.05, 0) is 36.8 Å². The number of anilines is 1. The van der Waals surface area contributed by atoms with Crippen LogP contribution in [0.3, 0.4) is 0 Å². The Kier molecular flexibility index (Phi) is 8.77. The zero-order valence-corrected chi connectivity index (χ0v) is 22.3. The Balaban J connectivity index is 1.49. The summed E-state index contributed by atoms with van der Waals surface area (Å²) in [6.45, 7) is 4.76. The minimum Gasteiger partial charge on any atom is -0.466 e. The summed E-state index contributed by atoms with van der Waals surface area (Å²) in [4.78, 5) is 32.4. The summed E-state index contributed by atoms with van der Waals surface area (Å²) in [5.41, 5.74) is 1.72. The van der Waals surface area contributed by atoms with Gasteiger partial charge in [-0.25, -0.2) is 18.3 Å². The van der Waals surface area contributed by atoms with E-state index in [1.807, 2.05) is 37.3 Å². The maximum Gasteiger partial charge on any atom is 0.320 e. The number of hydroxylamine groups is 2. The number of hydrogen-bond acceptors (Lipinski definition) is 6. The van der Waals surface area contributed by atoms with Crippen molar-refractivity contribution in [2.75, 3.05) is 45.7 Å². The van der Waals surface area contributed by atoms with Gasteiger partial charge in [0.1, 0.15) is 11.9 Å². The van der Waals surface area contributed by atoms with Crippen LogP contribution >= 0.6 is 0 Å². The molecule has 0 bridgehead atoms. The molecule has 10 nitrogen and oxygen atoms in total. The van der Waals surface area contributed by atoms with Crippen molar-refractivity contribution in [2.24, 2.45) is 5.92 Å². The summed E-state index contributed by atoms with van der Waals surface area (Å²) in [6.07, 6.45) is -0.550. The Labute approximate surface area is 225 Å². The first-order chi connectivity index (χ1) is 18.7. The average molecular weight is 543 g/mol. The standard InChI is InChI=1S/C27H32F2N6O4/c1-5-34-15-19(24(39-34)18-11-12-21(28)22(29)13-18)14-30-27(37)31-25-17(2)26(38-16-23(36)33(3)4)32-35(25)20-9-7-6-8-10-20/h6-13,19,24H,5,14-16H2,1-4H3,(H2,30,31,37)/t19-,24+/m1/s1. The number of nitrogens with one attached hydrogen (secondary N) is 2. The van der Waals surface area contributed by atoms with Crippen LogP contribution in [0.15, 0.2) is 48.5 Å². The van der Waals surface area contributed by atoms with E-state index in [0.29, 0.717) is 35.7 Å². The summed E-state index contributed by atoms with van der Waals surface area (Å²) in [5.74, 6) is -1.74. The lowest BCUT2D eigenvalue weighted by Gasteiger charge is -2.19. The summed E-state index contributed by atoms with van der Waals surface area (Å²) in [7, 11) is 3.26. The zero-order chi connectivity index (χ0) is 28.1. The molecule has 0 spiro atoms. The number of para-hydroxylation sites is 1. The number of aromatic nitrogens is 2. The molecule has 3 aromatic rings. The van der Waals surface area contributed by atoms with Gasteiger partial charge < -0.3 is 15.0 Å². The third kappa shape index (κ3) is 6.52. The fourth-order valence-corrected chi connectivity index (χ4v) is 4.20. The largest absolute Gasteiger partial charge is 0.466 e. The third-order valence-electron chi connectivity index (χ3n) is 6.42. The van der Waals surface area contributed by atoms with Gasteiger partial charge in [0.25, 0.3) is 5.91 Å². The molecule has 1 aromatic heterocycles. The van der Waals surface area contributed by atoms with Crippen LogP contribution in [0.4, 0.5) is 19.4 Å². The smallest absolute Gasteiger partial charge is 0.320 e. The Morgan fingerprint density at radius 3 is 2.56 bits per heavy atom. The summed E-state index contributed by atoms with van der Waals surface area (Å²) >= 11 is 0. The lowest BCUT2D eigenvalue weighted by Crippen LogP contribution is -2.36. The number of hydrogen-bond donors (Lipinski definition) is 2. The lowest BCUT2D eigenvalue weighted by atomic mass is 9.96. The van der Waals surface area contributed by atoms with Crippen LogP contribution in [-0.4, -0.2) is 72.0 Å². The molecule has 0 radical (unpaired) electrons. The van der Waals surface area contributed by atoms with Gasteiger partial charge >= 0.3 is 6.03 Å². The van der Waals surface area contributed by atoms with E-state index < -0.39 is 23.8 Å². The number of ether oxygens (including phenoxy) is 1. The molecule has 2 aromatic carbocycles. The number of benzene rings is 2. The molecule has 4 rings (SSSR count). The molecule has 2 atom stereocenters. The molecule has 1 saturated heterocycles. The van der Waals surface area contributed by atoms with Gasteiger partial charge in [-0.3, -0.25) is 14.9 Å². The van der Waals surface area contributed by atoms with E-state index in [0.717, 1.165) is 12.1 Å². The highest BCUT2D eigenvalue weighted by molar-refractivity contribution is 5.90. The number of carbonyl (C=O) groups excluding carboxylic acids is 2. The Bertz CT molecular complexity index is 1320. The molecule has 208 valence electrons. The van der Waals surface area contributed by atoms with Crippen LogP contribution < -0.4 is 15.4 Å². The van der Waals surface area contributed by atoms with Gasteiger partial charge in [0.2, 0.25) is 5.88 Å². The van der Waals surface area contributed by atoms with Gasteiger partial charge in [0, 0.05) is 39.6 Å². The molecule has 1 fully saturated rings. The number of amides is 3. The molecule has 12 heteroatoms. The molecule has 2 heterocycles. The van der Waals surface area contributed by atoms with Crippen molar-refractivity contribution in [1.82, 2.24) is 25.1 Å². The van der Waals surface area contributed by atoms with Crippen LogP contribution in [0.1, 0.15) is 24.2 Å². The predicted octanol–water partition coefficient (Wildman–Crippen LogP) is 3.67. The molecule has 1 aliphatic heterocycles. The molecule has 39 heavy (non-hydrogen) atoms. The molecule has 1 aliphatic rings. The topological polar surface area (TPSA) is 101 Å². The van der Waals surface area contributed by atoms with Crippen molar-refractivity contribution in [2.45, 2.75) is 20.0 Å². The molecule has 0 aliphatic carbocycles. The maximum atomic E-state index is 13.9. The number of halogens is 2. The number of urea groups is 1. The maximum absolute atomic E-state index is 13.9. The van der Waals surface area contributed by atoms with E-state index in [-0.39, 0.29) is 30.9 Å². The van der Waals surface area contributed by atoms with E-state index in [1.54, 1.807) is 26.1 Å². The second-order valence-corrected chi connectivity index (χ2v) is 9.38. The Morgan fingerprint density at radius 1 is 1.15 bits per heavy atom. The number of likely N-dealkylation sites (N-methyl/N-ethyl adjacent to an activating group) is 1. The SMILES string of the molecule is CCN1C[C@@H](CNC(=O)Nc2c(C)c(OCC(=O)N(C)C)nn2-c2ccccc2)[C@H](c2ccc(F)c(F)c2)O1. The summed E-state index contributed by atoms with van der Waals surface area (Å²) in [6, 6.07) is 12.4. The van der Waals surface area contributed by atoms with E-state index in [2.05, 4.69) is 15.7 Å². The van der Waals surface area contributed by atoms with Crippen LogP contribution in [-0.2, 0) is 9.63 Å². The van der Waals surface area contributed by atoms with Gasteiger partial charge in [-0.1, -0.05) is 31.2 Å². The minimum atomic E-state index is -0.953. The van der Waals surface area contributed by atoms with Crippen molar-refractivity contribution >= 4 is 17.8 Å². The van der Waals surface area contributed by atoms with Gasteiger partial charge in [-0.15, -0.1) is 5.10 Å². The van der Waals surface area contributed by atoms with Gasteiger partial charge in [0.05, 0.1) is 11.3 Å². The van der Waals surface area contributed by atoms with Crippen molar-refractivity contribution < 1.29 is 27.9 Å². The quantitative estimate of drug-likeness (QED) is 0.428. The second kappa shape index (κ2) is 12.2. The highest BCUT2D eigenvalue weighted by Crippen LogP contribution is 2.34. The highest BCUT2D eigenvalue weighted by atomic mass is 19.2. The van der Waals surface area contributed by atoms with Gasteiger partial charge in [0.15, 0.2) is 18.2 Å². The first kappa shape index (κ1) is 28.0. The van der Waals surface area contributed by atoms with Gasteiger partial charge in [-0.2, -0.15) is 5.06 Å². The number of carbonyl (C=O) groups is 2. The van der Waals surface area contributed by atoms with Crippen LogP contribution in [0.5, 0.6) is 5.88 Å². The number of nitrogens with zero attached hydrogens (tertiary/aromatic N) is 4. The van der Waals surface area contributed by atoms with Crippen molar-refractivity contribution in [3.05, 3.63) is 71.3 Å². The van der Waals surface area contributed by atoms with E-state index >= 15 is 0 Å². The molecule has 0 unspecified atom stereocenters. The average Bonchev–Trinajstić information content (AvgIpc) is 3.49. The Morgan fingerprint density at radius 2 is 1.90 bits per heavy atom. The number of rotatable bonds is 9. The fraction of sp³-hybridized carbons (Fsp3) is 0.370. The molecular formula is C27H32F2N6O4. The molecule has 2 N–H and O–H groups in total. The van der Waals surface area contributed by atoms with E-state index in [4.69, 9.17) is 9.57 Å². The first-order valence-corrected chi connectivity index (χ1v) is 12.6. The highest BCUT2D eigenvalue weighted by Gasteiger charge is 2.35. The van der Waals surface area contributed by atoms with Crippen LogP contribution in [0.25, 0.3) is 5.69 Å². The molecule has 0 saturated carbocycles. The molecule has 3 amide bonds. The monoisotopic (exact) mass is 542 g/mol. The summed E-state index contributed by atoms with van der Waals surface area (Å²) in [5, 5.41) is 11.9. The normalized spacial score (nSPS) is 17.2. The summed E-state index contributed by atoms with van der Waals surface area (Å²) < 4.78 is 34.6. The van der Waals surface area contributed by atoms with Crippen LogP contribution in [0, 0.1) is 24.5 Å². The zero-order valence-electron chi connectivity index (χ0n) is 22.3. The lowest BCUT2D eigenvalue weighted by molar-refractivity contribution is -0.145. The molecular weight excluding hydrogens is 510 g/mol. The van der Waals surface area contributed by atoms with Crippen molar-refractivity contribution in [3.8, 4) is 11.6 Å². The van der Waals surface area contributed by atoms with Crippen molar-refractivity contribution in [3.63, 3.8) is 0 Å². The predicted molar refractivity (Wildman–Crippen MR) is 140 cm³/mol. The van der Waals surface area contributed by atoms with Crippen molar-refractivity contribution in [1.29, 1.82) is 0 Å². The van der Waals surface area contributed by atoms with E-state index in [9.17, 15) is 18.4 Å². The second-order valence-electron chi connectivity index (χ2n) is 9.38.